The average molecular weight is 1280 g/mol. The van der Waals surface area contributed by atoms with Gasteiger partial charge in [0.1, 0.15) is 44.7 Å². The summed E-state index contributed by atoms with van der Waals surface area (Å²) in [6, 6.07) is 117. The van der Waals surface area contributed by atoms with Crippen molar-refractivity contribution in [3.63, 3.8) is 0 Å². The molecule has 0 aliphatic rings. The van der Waals surface area contributed by atoms with E-state index in [4.69, 9.17) is 37.6 Å². The highest BCUT2D eigenvalue weighted by atomic mass is 16.3. The van der Waals surface area contributed by atoms with Crippen molar-refractivity contribution >= 4 is 87.8 Å². The van der Waals surface area contributed by atoms with Crippen LogP contribution >= 0.6 is 0 Å². The van der Waals surface area contributed by atoms with Gasteiger partial charge in [-0.25, -0.2) is 19.9 Å². The highest BCUT2D eigenvalue weighted by molar-refractivity contribution is 6.13. The minimum Gasteiger partial charge on any atom is -0.456 e. The molecule has 0 unspecified atom stereocenters. The Morgan fingerprint density at radius 2 is 0.490 bits per heavy atom. The Hall–Kier alpha value is -13.6. The molecule has 100 heavy (non-hydrogen) atoms. The summed E-state index contributed by atoms with van der Waals surface area (Å²) in [5.74, 6) is 1.36. The lowest BCUT2D eigenvalue weighted by Gasteiger charge is -2.15. The quantitative estimate of drug-likeness (QED) is 0.133. The molecule has 20 rings (SSSR count). The number of hydrogen-bond donors (Lipinski definition) is 0. The maximum Gasteiger partial charge on any atom is 0.160 e. The minimum atomic E-state index is 0.672. The monoisotopic (exact) mass is 1280 g/mol. The van der Waals surface area contributed by atoms with E-state index >= 15 is 0 Å². The van der Waals surface area contributed by atoms with E-state index in [1.807, 2.05) is 121 Å². The lowest BCUT2D eigenvalue weighted by atomic mass is 9.91. The van der Waals surface area contributed by atoms with Crippen LogP contribution in [0.15, 0.2) is 357 Å². The SMILES string of the molecule is c1ccc(-c2cc(-c3ccc(-c4ccc5oc6ccccc6c5c4)cc3-c3ccc4oc5ccccc5c4c3)nc(-c3ccccc3)n2)cc1.c1ccc(-c2cc(-c3ccc(-c4cccc5c4oc4ccccc45)cc3-c3cccc4c3oc3ccccc34)nc(-c3ccccc3)n2)cc1. The van der Waals surface area contributed by atoms with E-state index in [-0.39, 0.29) is 0 Å². The first-order chi connectivity index (χ1) is 49.5. The molecule has 468 valence electrons. The van der Waals surface area contributed by atoms with Gasteiger partial charge in [0.25, 0.3) is 0 Å². The van der Waals surface area contributed by atoms with E-state index in [1.165, 1.54) is 0 Å². The molecular weight excluding hydrogens is 1230 g/mol. The van der Waals surface area contributed by atoms with Gasteiger partial charge in [-0.15, -0.1) is 0 Å². The first-order valence-electron chi connectivity index (χ1n) is 33.5. The topological polar surface area (TPSA) is 104 Å². The molecule has 8 heteroatoms. The molecule has 0 spiro atoms. The van der Waals surface area contributed by atoms with Crippen LogP contribution in [0.5, 0.6) is 0 Å². The van der Waals surface area contributed by atoms with Crippen LogP contribution in [0.1, 0.15) is 0 Å². The maximum absolute atomic E-state index is 6.62. The standard InChI is InChI=1S/2C46H28N2O2/c1-3-13-29(14-4-1)40-28-41(48-46(47-40)30-15-5-2-6-16-30)33-26-25-31(32-19-11-20-36-34-17-7-9-23-42(34)49-44(32)36)27-39(33)38-22-12-21-37-35-18-8-10-24-43(35)50-45(37)38;1-3-11-29(12-4-1)40-28-41(48-46(47-40)30-13-5-2-6-14-30)34-22-19-31(32-20-23-44-38(26-32)35-15-7-9-17-42(35)49-44)25-37(34)33-21-24-45-39(27-33)36-16-8-10-18-43(36)50-45/h2*1-28H. The van der Waals surface area contributed by atoms with Crippen LogP contribution in [0.3, 0.4) is 0 Å². The average Bonchev–Trinajstić information content (AvgIpc) is 1.42. The van der Waals surface area contributed by atoms with Crippen molar-refractivity contribution in [1.82, 2.24) is 19.9 Å². The third kappa shape index (κ3) is 10.3. The number of rotatable bonds is 10. The predicted molar refractivity (Wildman–Crippen MR) is 408 cm³/mol. The first-order valence-corrected chi connectivity index (χ1v) is 33.5. The number of benzene rings is 14. The third-order valence-corrected chi connectivity index (χ3v) is 19.1. The zero-order chi connectivity index (χ0) is 66.0. The molecule has 0 N–H and O–H groups in total. The molecular formula is C92H56N4O4. The number of hydrogen-bond acceptors (Lipinski definition) is 8. The summed E-state index contributed by atoms with van der Waals surface area (Å²) < 4.78 is 25.5. The minimum absolute atomic E-state index is 0.672. The van der Waals surface area contributed by atoms with E-state index in [0.29, 0.717) is 11.6 Å². The number of fused-ring (bicyclic) bond motifs is 12. The number of para-hydroxylation sites is 6. The molecule has 0 saturated heterocycles. The van der Waals surface area contributed by atoms with Gasteiger partial charge in [0, 0.05) is 87.6 Å². The van der Waals surface area contributed by atoms with Crippen molar-refractivity contribution in [2.45, 2.75) is 0 Å². The Balaban J connectivity index is 0.000000139. The van der Waals surface area contributed by atoms with Crippen molar-refractivity contribution in [3.8, 4) is 112 Å². The van der Waals surface area contributed by atoms with Crippen LogP contribution in [-0.2, 0) is 0 Å². The largest absolute Gasteiger partial charge is 0.456 e. The summed E-state index contributed by atoms with van der Waals surface area (Å²) in [7, 11) is 0. The van der Waals surface area contributed by atoms with Crippen LogP contribution in [0.4, 0.5) is 0 Å². The van der Waals surface area contributed by atoms with E-state index in [0.717, 1.165) is 188 Å². The molecule has 6 aromatic heterocycles. The van der Waals surface area contributed by atoms with E-state index in [9.17, 15) is 0 Å². The highest BCUT2D eigenvalue weighted by Crippen LogP contribution is 2.46. The molecule has 0 saturated carbocycles. The smallest absolute Gasteiger partial charge is 0.160 e. The van der Waals surface area contributed by atoms with Gasteiger partial charge in [-0.2, -0.15) is 0 Å². The van der Waals surface area contributed by atoms with Crippen LogP contribution < -0.4 is 0 Å². The van der Waals surface area contributed by atoms with Crippen molar-refractivity contribution in [2.24, 2.45) is 0 Å². The van der Waals surface area contributed by atoms with Gasteiger partial charge in [-0.1, -0.05) is 267 Å². The Morgan fingerprint density at radius 1 is 0.160 bits per heavy atom. The van der Waals surface area contributed by atoms with Crippen LogP contribution in [-0.4, -0.2) is 19.9 Å². The fraction of sp³-hybridized carbons (Fsp3) is 0. The third-order valence-electron chi connectivity index (χ3n) is 19.1. The summed E-state index contributed by atoms with van der Waals surface area (Å²) in [5, 5.41) is 8.76. The van der Waals surface area contributed by atoms with Crippen LogP contribution in [0, 0.1) is 0 Å². The highest BCUT2D eigenvalue weighted by Gasteiger charge is 2.23. The summed E-state index contributed by atoms with van der Waals surface area (Å²) in [6.45, 7) is 0. The summed E-state index contributed by atoms with van der Waals surface area (Å²) in [5.41, 5.74) is 24.8. The van der Waals surface area contributed by atoms with Gasteiger partial charge in [-0.05, 0) is 106 Å². The van der Waals surface area contributed by atoms with Crippen molar-refractivity contribution < 1.29 is 17.7 Å². The predicted octanol–water partition coefficient (Wildman–Crippen LogP) is 25.2. The second-order valence-corrected chi connectivity index (χ2v) is 25.1. The molecule has 0 atom stereocenters. The fourth-order valence-electron chi connectivity index (χ4n) is 14.2. The van der Waals surface area contributed by atoms with Gasteiger partial charge >= 0.3 is 0 Å². The molecule has 0 aliphatic carbocycles. The molecule has 0 fully saturated rings. The zero-order valence-corrected chi connectivity index (χ0v) is 53.8. The van der Waals surface area contributed by atoms with Gasteiger partial charge in [0.2, 0.25) is 0 Å². The number of furan rings is 4. The van der Waals surface area contributed by atoms with E-state index in [1.54, 1.807) is 0 Å². The van der Waals surface area contributed by atoms with Crippen molar-refractivity contribution in [3.05, 3.63) is 340 Å². The first kappa shape index (κ1) is 57.9. The van der Waals surface area contributed by atoms with Crippen LogP contribution in [0.25, 0.3) is 200 Å². The molecule has 14 aromatic carbocycles. The van der Waals surface area contributed by atoms with Gasteiger partial charge in [-0.3, -0.25) is 0 Å². The Kier molecular flexibility index (Phi) is 14.0. The van der Waals surface area contributed by atoms with E-state index < -0.39 is 0 Å². The lowest BCUT2D eigenvalue weighted by Crippen LogP contribution is -1.97. The molecule has 8 nitrogen and oxygen atoms in total. The van der Waals surface area contributed by atoms with Crippen LogP contribution in [0.2, 0.25) is 0 Å². The van der Waals surface area contributed by atoms with Gasteiger partial charge < -0.3 is 17.7 Å². The number of nitrogens with zero attached hydrogens (tertiary/aromatic N) is 4. The van der Waals surface area contributed by atoms with Gasteiger partial charge in [0.05, 0.1) is 22.8 Å². The zero-order valence-electron chi connectivity index (χ0n) is 53.8. The van der Waals surface area contributed by atoms with Crippen molar-refractivity contribution in [2.75, 3.05) is 0 Å². The molecule has 20 aromatic rings. The second kappa shape index (κ2) is 24.3. The molecule has 0 aliphatic heterocycles. The number of aromatic nitrogens is 4. The summed E-state index contributed by atoms with van der Waals surface area (Å²) in [4.78, 5) is 20.6. The Bertz CT molecular complexity index is 6420. The molecule has 0 radical (unpaired) electrons. The van der Waals surface area contributed by atoms with Crippen molar-refractivity contribution in [1.29, 1.82) is 0 Å². The molecule has 0 amide bonds. The lowest BCUT2D eigenvalue weighted by molar-refractivity contribution is 0.668. The molecule has 0 bridgehead atoms. The summed E-state index contributed by atoms with van der Waals surface area (Å²) in [6.07, 6.45) is 0. The molecule has 6 heterocycles. The van der Waals surface area contributed by atoms with E-state index in [2.05, 4.69) is 218 Å². The Labute approximate surface area is 574 Å². The normalized spacial score (nSPS) is 11.6. The maximum atomic E-state index is 6.62. The Morgan fingerprint density at radius 3 is 1.00 bits per heavy atom. The fourth-order valence-corrected chi connectivity index (χ4v) is 14.2. The summed E-state index contributed by atoms with van der Waals surface area (Å²) >= 11 is 0. The second-order valence-electron chi connectivity index (χ2n) is 25.1. The van der Waals surface area contributed by atoms with Gasteiger partial charge in [0.15, 0.2) is 11.6 Å².